The third-order valence-electron chi connectivity index (χ3n) is 1.42. The van der Waals surface area contributed by atoms with Crippen molar-refractivity contribution in [1.82, 2.24) is 9.97 Å². The van der Waals surface area contributed by atoms with Crippen LogP contribution in [-0.2, 0) is 0 Å². The number of rotatable bonds is 1. The van der Waals surface area contributed by atoms with E-state index in [9.17, 15) is 4.79 Å². The van der Waals surface area contributed by atoms with Gasteiger partial charge in [0.25, 0.3) is 5.56 Å². The van der Waals surface area contributed by atoms with Gasteiger partial charge in [-0.3, -0.25) is 9.78 Å². The third kappa shape index (κ3) is 1.80. The molecule has 11 heavy (non-hydrogen) atoms. The molecule has 0 amide bonds. The Morgan fingerprint density at radius 2 is 2.27 bits per heavy atom. The highest BCUT2D eigenvalue weighted by Crippen LogP contribution is 2.07. The molecule has 0 aliphatic heterocycles. The van der Waals surface area contributed by atoms with Gasteiger partial charge in [0.15, 0.2) is 0 Å². The topological polar surface area (TPSA) is 45.8 Å². The van der Waals surface area contributed by atoms with Crippen LogP contribution in [0.1, 0.15) is 25.3 Å². The second-order valence-electron chi connectivity index (χ2n) is 2.61. The second-order valence-corrected chi connectivity index (χ2v) is 2.97. The average Bonchev–Trinajstić information content (AvgIpc) is 1.85. The smallest absolute Gasteiger partial charge is 0.255 e. The maximum absolute atomic E-state index is 11.1. The molecule has 0 saturated carbocycles. The highest BCUT2D eigenvalue weighted by Gasteiger charge is 2.04. The van der Waals surface area contributed by atoms with Crippen molar-refractivity contribution in [3.05, 3.63) is 27.4 Å². The summed E-state index contributed by atoms with van der Waals surface area (Å²) in [6, 6.07) is 0. The maximum atomic E-state index is 11.1. The van der Waals surface area contributed by atoms with Crippen LogP contribution in [0.2, 0.25) is 5.28 Å². The lowest BCUT2D eigenvalue weighted by molar-refractivity contribution is 0.830. The van der Waals surface area contributed by atoms with Crippen LogP contribution in [0, 0.1) is 0 Å². The van der Waals surface area contributed by atoms with Gasteiger partial charge >= 0.3 is 0 Å². The lowest BCUT2D eigenvalue weighted by atomic mass is 10.1. The van der Waals surface area contributed by atoms with Crippen molar-refractivity contribution in [2.24, 2.45) is 0 Å². The molecule has 0 aliphatic carbocycles. The number of hydrogen-bond acceptors (Lipinski definition) is 2. The average molecular weight is 173 g/mol. The minimum absolute atomic E-state index is 0.138. The summed E-state index contributed by atoms with van der Waals surface area (Å²) in [7, 11) is 0. The zero-order valence-corrected chi connectivity index (χ0v) is 7.14. The first-order valence-electron chi connectivity index (χ1n) is 3.36. The van der Waals surface area contributed by atoms with E-state index in [0.717, 1.165) is 0 Å². The number of nitrogens with one attached hydrogen (secondary N) is 1. The Morgan fingerprint density at radius 1 is 1.64 bits per heavy atom. The first-order valence-corrected chi connectivity index (χ1v) is 3.73. The van der Waals surface area contributed by atoms with Gasteiger partial charge in [-0.2, -0.15) is 0 Å². The highest BCUT2D eigenvalue weighted by molar-refractivity contribution is 6.28. The Balaban J connectivity index is 3.21. The van der Waals surface area contributed by atoms with Crippen molar-refractivity contribution in [2.45, 2.75) is 19.8 Å². The van der Waals surface area contributed by atoms with Crippen LogP contribution in [0.15, 0.2) is 11.0 Å². The quantitative estimate of drug-likeness (QED) is 0.654. The fourth-order valence-electron chi connectivity index (χ4n) is 0.794. The summed E-state index contributed by atoms with van der Waals surface area (Å²) in [5.41, 5.74) is 0.509. The minimum atomic E-state index is -0.153. The Hall–Kier alpha value is -0.830. The van der Waals surface area contributed by atoms with Gasteiger partial charge in [0.2, 0.25) is 5.28 Å². The monoisotopic (exact) mass is 172 g/mol. The third-order valence-corrected chi connectivity index (χ3v) is 1.61. The van der Waals surface area contributed by atoms with Crippen molar-refractivity contribution in [3.63, 3.8) is 0 Å². The molecule has 0 aromatic carbocycles. The van der Waals surface area contributed by atoms with Crippen LogP contribution in [-0.4, -0.2) is 9.97 Å². The number of halogens is 1. The van der Waals surface area contributed by atoms with Crippen LogP contribution in [0.25, 0.3) is 0 Å². The largest absolute Gasteiger partial charge is 0.297 e. The molecule has 0 unspecified atom stereocenters. The van der Waals surface area contributed by atoms with E-state index in [1.54, 1.807) is 0 Å². The summed E-state index contributed by atoms with van der Waals surface area (Å²) in [6.07, 6.45) is 1.51. The van der Waals surface area contributed by atoms with Crippen molar-refractivity contribution >= 4 is 11.6 Å². The van der Waals surface area contributed by atoms with Crippen molar-refractivity contribution < 1.29 is 0 Å². The summed E-state index contributed by atoms with van der Waals surface area (Å²) in [4.78, 5) is 17.3. The molecule has 0 bridgehead atoms. The van der Waals surface area contributed by atoms with E-state index in [1.807, 2.05) is 13.8 Å². The number of hydrogen-bond donors (Lipinski definition) is 1. The van der Waals surface area contributed by atoms with Gasteiger partial charge in [-0.15, -0.1) is 0 Å². The van der Waals surface area contributed by atoms with Crippen LogP contribution < -0.4 is 5.56 Å². The number of H-pyrrole nitrogens is 1. The van der Waals surface area contributed by atoms with E-state index >= 15 is 0 Å². The van der Waals surface area contributed by atoms with E-state index < -0.39 is 0 Å². The highest BCUT2D eigenvalue weighted by atomic mass is 35.5. The molecule has 3 nitrogen and oxygen atoms in total. The minimum Gasteiger partial charge on any atom is -0.297 e. The molecule has 0 saturated heterocycles. The first-order chi connectivity index (χ1) is 5.11. The van der Waals surface area contributed by atoms with Gasteiger partial charge in [0.05, 0.1) is 0 Å². The fraction of sp³-hybridized carbons (Fsp3) is 0.429. The molecule has 1 aromatic heterocycles. The summed E-state index contributed by atoms with van der Waals surface area (Å²) in [5, 5.41) is 0.138. The Kier molecular flexibility index (Phi) is 2.29. The van der Waals surface area contributed by atoms with Gasteiger partial charge in [-0.05, 0) is 17.5 Å². The lowest BCUT2D eigenvalue weighted by Crippen LogP contribution is -2.14. The molecule has 1 N–H and O–H groups in total. The Labute approximate surface area is 69.4 Å². The van der Waals surface area contributed by atoms with Crippen LogP contribution in [0.4, 0.5) is 0 Å². The van der Waals surface area contributed by atoms with E-state index in [0.29, 0.717) is 5.56 Å². The molecule has 1 rings (SSSR count). The molecule has 1 aromatic rings. The lowest BCUT2D eigenvalue weighted by Gasteiger charge is -2.01. The van der Waals surface area contributed by atoms with Gasteiger partial charge in [-0.25, -0.2) is 4.98 Å². The normalized spacial score (nSPS) is 10.5. The van der Waals surface area contributed by atoms with Crippen LogP contribution in [0.5, 0.6) is 0 Å². The van der Waals surface area contributed by atoms with Gasteiger partial charge in [0, 0.05) is 11.8 Å². The Morgan fingerprint density at radius 3 is 2.73 bits per heavy atom. The van der Waals surface area contributed by atoms with Gasteiger partial charge < -0.3 is 0 Å². The SMILES string of the molecule is CC(C)c1cnc(Cl)[nH]c1=O. The fourth-order valence-corrected chi connectivity index (χ4v) is 0.929. The number of nitrogens with zero attached hydrogens (tertiary/aromatic N) is 1. The van der Waals surface area contributed by atoms with Gasteiger partial charge in [-0.1, -0.05) is 13.8 Å². The van der Waals surface area contributed by atoms with Gasteiger partial charge in [0.1, 0.15) is 0 Å². The summed E-state index contributed by atoms with van der Waals surface area (Å²) in [6.45, 7) is 3.86. The number of aromatic amines is 1. The predicted molar refractivity (Wildman–Crippen MR) is 44.0 cm³/mol. The van der Waals surface area contributed by atoms with Crippen molar-refractivity contribution in [2.75, 3.05) is 0 Å². The molecule has 1 heterocycles. The van der Waals surface area contributed by atoms with Crippen LogP contribution >= 0.6 is 11.6 Å². The molecule has 60 valence electrons. The molecule has 0 fully saturated rings. The second kappa shape index (κ2) is 3.05. The molecular formula is C7H9ClN2O. The van der Waals surface area contributed by atoms with Crippen LogP contribution in [0.3, 0.4) is 0 Å². The Bertz CT molecular complexity index is 306. The zero-order valence-electron chi connectivity index (χ0n) is 6.39. The molecule has 0 radical (unpaired) electrons. The molecule has 0 spiro atoms. The molecule has 4 heteroatoms. The van der Waals surface area contributed by atoms with E-state index in [-0.39, 0.29) is 16.8 Å². The molecule has 0 atom stereocenters. The first kappa shape index (κ1) is 8.27. The van der Waals surface area contributed by atoms with E-state index in [4.69, 9.17) is 11.6 Å². The predicted octanol–water partition coefficient (Wildman–Crippen LogP) is 1.55. The van der Waals surface area contributed by atoms with E-state index in [2.05, 4.69) is 9.97 Å². The summed E-state index contributed by atoms with van der Waals surface area (Å²) >= 11 is 5.45. The van der Waals surface area contributed by atoms with Crippen molar-refractivity contribution in [3.8, 4) is 0 Å². The maximum Gasteiger partial charge on any atom is 0.255 e. The summed E-state index contributed by atoms with van der Waals surface area (Å²) < 4.78 is 0. The van der Waals surface area contributed by atoms with E-state index in [1.165, 1.54) is 6.20 Å². The molecule has 0 aliphatic rings. The molecular weight excluding hydrogens is 164 g/mol. The van der Waals surface area contributed by atoms with Crippen molar-refractivity contribution in [1.29, 1.82) is 0 Å². The zero-order chi connectivity index (χ0) is 8.43. The standard InChI is InChI=1S/C7H9ClN2O/c1-4(2)5-3-9-7(8)10-6(5)11/h3-4H,1-2H3,(H,9,10,11). The number of aromatic nitrogens is 2. The summed E-state index contributed by atoms with van der Waals surface area (Å²) in [5.74, 6) is 0.184.